The first-order valence-corrected chi connectivity index (χ1v) is 8.24. The highest BCUT2D eigenvalue weighted by Crippen LogP contribution is 2.20. The molecule has 136 valence electrons. The molecule has 0 heterocycles. The molecule has 0 aliphatic rings. The molecule has 6 heteroatoms. The van der Waals surface area contributed by atoms with Gasteiger partial charge in [-0.25, -0.2) is 9.87 Å². The van der Waals surface area contributed by atoms with Crippen molar-refractivity contribution in [1.29, 1.82) is 0 Å². The molecule has 2 amide bonds. The second-order valence-electron chi connectivity index (χ2n) is 5.90. The van der Waals surface area contributed by atoms with Crippen LogP contribution in [0, 0.1) is 5.82 Å². The second kappa shape index (κ2) is 8.25. The number of rotatable bonds is 5. The predicted octanol–water partition coefficient (Wildman–Crippen LogP) is 3.54. The largest absolute Gasteiger partial charge is 0.348 e. The molecule has 0 saturated heterocycles. The summed E-state index contributed by atoms with van der Waals surface area (Å²) in [5.41, 5.74) is 4.98. The van der Waals surface area contributed by atoms with Crippen molar-refractivity contribution in [3.05, 3.63) is 95.3 Å². The molecule has 0 unspecified atom stereocenters. The SMILES string of the molecule is O=C(NO)c1ccc(CNC(=O)c2ccc(-c3ccc(F)cc3)cc2)cc1. The van der Waals surface area contributed by atoms with Gasteiger partial charge >= 0.3 is 0 Å². The third-order valence-corrected chi connectivity index (χ3v) is 4.10. The van der Waals surface area contributed by atoms with Gasteiger partial charge in [0.2, 0.25) is 0 Å². The third kappa shape index (κ3) is 4.56. The molecule has 3 aromatic carbocycles. The highest BCUT2D eigenvalue weighted by Gasteiger charge is 2.07. The minimum atomic E-state index is -0.591. The van der Waals surface area contributed by atoms with Crippen LogP contribution in [0.2, 0.25) is 0 Å². The number of hydroxylamine groups is 1. The van der Waals surface area contributed by atoms with E-state index in [1.54, 1.807) is 54.0 Å². The Bertz CT molecular complexity index is 937. The van der Waals surface area contributed by atoms with Crippen LogP contribution < -0.4 is 10.8 Å². The van der Waals surface area contributed by atoms with E-state index in [1.165, 1.54) is 12.1 Å². The number of halogens is 1. The van der Waals surface area contributed by atoms with Crippen molar-refractivity contribution >= 4 is 11.8 Å². The van der Waals surface area contributed by atoms with Crippen LogP contribution in [0.3, 0.4) is 0 Å². The number of carbonyl (C=O) groups excluding carboxylic acids is 2. The van der Waals surface area contributed by atoms with Crippen LogP contribution in [0.15, 0.2) is 72.8 Å². The Morgan fingerprint density at radius 2 is 1.22 bits per heavy atom. The van der Waals surface area contributed by atoms with Crippen molar-refractivity contribution < 1.29 is 19.2 Å². The fourth-order valence-corrected chi connectivity index (χ4v) is 2.58. The first-order chi connectivity index (χ1) is 13.1. The summed E-state index contributed by atoms with van der Waals surface area (Å²) < 4.78 is 13.0. The molecule has 5 nitrogen and oxygen atoms in total. The lowest BCUT2D eigenvalue weighted by Crippen LogP contribution is -2.23. The minimum Gasteiger partial charge on any atom is -0.348 e. The average molecular weight is 364 g/mol. The standard InChI is InChI=1S/C21H17FN2O3/c22-19-11-9-16(10-12-19)15-5-7-17(8-6-15)20(25)23-13-14-1-3-18(4-2-14)21(26)24-27/h1-12,27H,13H2,(H,23,25)(H,24,26). The molecule has 0 fully saturated rings. The average Bonchev–Trinajstić information content (AvgIpc) is 2.72. The van der Waals surface area contributed by atoms with E-state index in [0.717, 1.165) is 16.7 Å². The molecular formula is C21H17FN2O3. The van der Waals surface area contributed by atoms with Crippen molar-refractivity contribution in [2.75, 3.05) is 0 Å². The van der Waals surface area contributed by atoms with Crippen LogP contribution in [0.1, 0.15) is 26.3 Å². The zero-order valence-electron chi connectivity index (χ0n) is 14.3. The molecule has 0 bridgehead atoms. The monoisotopic (exact) mass is 364 g/mol. The van der Waals surface area contributed by atoms with Crippen molar-refractivity contribution in [3.63, 3.8) is 0 Å². The van der Waals surface area contributed by atoms with Crippen LogP contribution in [0.5, 0.6) is 0 Å². The van der Waals surface area contributed by atoms with E-state index in [4.69, 9.17) is 5.21 Å². The van der Waals surface area contributed by atoms with Gasteiger partial charge in [0.25, 0.3) is 11.8 Å². The van der Waals surface area contributed by atoms with Gasteiger partial charge in [0.05, 0.1) is 0 Å². The Morgan fingerprint density at radius 1 is 0.741 bits per heavy atom. The fraction of sp³-hybridized carbons (Fsp3) is 0.0476. The van der Waals surface area contributed by atoms with Gasteiger partial charge in [0, 0.05) is 17.7 Å². The van der Waals surface area contributed by atoms with E-state index in [2.05, 4.69) is 5.32 Å². The number of carbonyl (C=O) groups is 2. The Labute approximate surface area is 155 Å². The number of benzene rings is 3. The molecule has 3 aromatic rings. The molecule has 0 spiro atoms. The van der Waals surface area contributed by atoms with Gasteiger partial charge in [-0.05, 0) is 53.1 Å². The van der Waals surface area contributed by atoms with Gasteiger partial charge in [-0.2, -0.15) is 0 Å². The molecule has 0 aromatic heterocycles. The van der Waals surface area contributed by atoms with Crippen molar-refractivity contribution in [3.8, 4) is 11.1 Å². The lowest BCUT2D eigenvalue weighted by molar-refractivity contribution is 0.0706. The lowest BCUT2D eigenvalue weighted by Gasteiger charge is -2.07. The van der Waals surface area contributed by atoms with Gasteiger partial charge < -0.3 is 5.32 Å². The van der Waals surface area contributed by atoms with E-state index in [0.29, 0.717) is 17.7 Å². The van der Waals surface area contributed by atoms with Gasteiger partial charge in [0.1, 0.15) is 5.82 Å². The topological polar surface area (TPSA) is 78.4 Å². The van der Waals surface area contributed by atoms with E-state index in [-0.39, 0.29) is 11.7 Å². The quantitative estimate of drug-likeness (QED) is 0.479. The van der Waals surface area contributed by atoms with Gasteiger partial charge in [-0.1, -0.05) is 36.4 Å². The van der Waals surface area contributed by atoms with Gasteiger partial charge in [0.15, 0.2) is 0 Å². The molecule has 3 N–H and O–H groups in total. The zero-order valence-corrected chi connectivity index (χ0v) is 14.3. The van der Waals surface area contributed by atoms with E-state index in [9.17, 15) is 14.0 Å². The van der Waals surface area contributed by atoms with Crippen molar-refractivity contribution in [2.45, 2.75) is 6.54 Å². The summed E-state index contributed by atoms with van der Waals surface area (Å²) in [6.07, 6.45) is 0. The summed E-state index contributed by atoms with van der Waals surface area (Å²) in [5, 5.41) is 11.4. The third-order valence-electron chi connectivity index (χ3n) is 4.10. The molecule has 27 heavy (non-hydrogen) atoms. The Morgan fingerprint density at radius 3 is 1.78 bits per heavy atom. The molecule has 0 aliphatic heterocycles. The highest BCUT2D eigenvalue weighted by molar-refractivity contribution is 5.95. The zero-order chi connectivity index (χ0) is 19.2. The Kier molecular flexibility index (Phi) is 5.58. The maximum atomic E-state index is 13.0. The number of amides is 2. The second-order valence-corrected chi connectivity index (χ2v) is 5.90. The molecule has 0 aliphatic carbocycles. The van der Waals surface area contributed by atoms with Crippen molar-refractivity contribution in [2.24, 2.45) is 0 Å². The summed E-state index contributed by atoms with van der Waals surface area (Å²) >= 11 is 0. The molecule has 0 atom stereocenters. The lowest BCUT2D eigenvalue weighted by atomic mass is 10.0. The van der Waals surface area contributed by atoms with Crippen LogP contribution in [0.4, 0.5) is 4.39 Å². The fourth-order valence-electron chi connectivity index (χ4n) is 2.58. The van der Waals surface area contributed by atoms with Gasteiger partial charge in [-0.3, -0.25) is 14.8 Å². The summed E-state index contributed by atoms with van der Waals surface area (Å²) in [6.45, 7) is 0.305. The number of hydrogen-bond donors (Lipinski definition) is 3. The summed E-state index contributed by atoms with van der Waals surface area (Å²) in [5.74, 6) is -1.11. The molecule has 0 radical (unpaired) electrons. The van der Waals surface area contributed by atoms with Crippen molar-refractivity contribution in [1.82, 2.24) is 10.8 Å². The molecular weight excluding hydrogens is 347 g/mol. The normalized spacial score (nSPS) is 10.3. The first-order valence-electron chi connectivity index (χ1n) is 8.24. The van der Waals surface area contributed by atoms with Gasteiger partial charge in [-0.15, -0.1) is 0 Å². The molecule has 0 saturated carbocycles. The Balaban J connectivity index is 1.61. The van der Waals surface area contributed by atoms with Crippen LogP contribution in [-0.2, 0) is 6.54 Å². The maximum absolute atomic E-state index is 13.0. The van der Waals surface area contributed by atoms with Crippen LogP contribution >= 0.6 is 0 Å². The van der Waals surface area contributed by atoms with E-state index >= 15 is 0 Å². The molecule has 3 rings (SSSR count). The van der Waals surface area contributed by atoms with E-state index in [1.807, 2.05) is 12.1 Å². The number of nitrogens with one attached hydrogen (secondary N) is 2. The summed E-state index contributed by atoms with van der Waals surface area (Å²) in [6, 6.07) is 19.7. The van der Waals surface area contributed by atoms with Crippen LogP contribution in [0.25, 0.3) is 11.1 Å². The number of hydrogen-bond acceptors (Lipinski definition) is 3. The minimum absolute atomic E-state index is 0.224. The predicted molar refractivity (Wildman–Crippen MR) is 98.7 cm³/mol. The highest BCUT2D eigenvalue weighted by atomic mass is 19.1. The smallest absolute Gasteiger partial charge is 0.274 e. The maximum Gasteiger partial charge on any atom is 0.274 e. The Hall–Kier alpha value is -3.51. The summed E-state index contributed by atoms with van der Waals surface area (Å²) in [4.78, 5) is 23.5. The summed E-state index contributed by atoms with van der Waals surface area (Å²) in [7, 11) is 0. The van der Waals surface area contributed by atoms with E-state index < -0.39 is 5.91 Å². The first kappa shape index (κ1) is 18.3. The van der Waals surface area contributed by atoms with Crippen LogP contribution in [-0.4, -0.2) is 17.0 Å².